The van der Waals surface area contributed by atoms with Crippen LogP contribution in [-0.4, -0.2) is 18.0 Å². The Morgan fingerprint density at radius 2 is 1.90 bits per heavy atom. The van der Waals surface area contributed by atoms with E-state index >= 15 is 0 Å². The lowest BCUT2D eigenvalue weighted by molar-refractivity contribution is -0.109. The quantitative estimate of drug-likeness (QED) is 0.857. The van der Waals surface area contributed by atoms with Crippen molar-refractivity contribution < 1.29 is 14.3 Å². The summed E-state index contributed by atoms with van der Waals surface area (Å²) in [5, 5.41) is 2.57. The predicted octanol–water partition coefficient (Wildman–Crippen LogP) is 3.33. The van der Waals surface area contributed by atoms with Gasteiger partial charge in [0.15, 0.2) is 0 Å². The summed E-state index contributed by atoms with van der Waals surface area (Å²) in [6.07, 6.45) is 2.62. The van der Waals surface area contributed by atoms with Crippen LogP contribution in [0.5, 0.6) is 0 Å². The molecule has 1 fully saturated rings. The molecule has 1 N–H and O–H groups in total. The average molecular weight is 275 g/mol. The Morgan fingerprint density at radius 1 is 1.30 bits per heavy atom. The SMILES string of the molecule is CC(C)(C)OC(=O)NC(C=O)c1ccc(C2CC2)cc1. The van der Waals surface area contributed by atoms with Gasteiger partial charge in [0.05, 0.1) is 0 Å². The fraction of sp³-hybridized carbons (Fsp3) is 0.500. The molecule has 1 aliphatic carbocycles. The first-order chi connectivity index (χ1) is 9.39. The first-order valence-corrected chi connectivity index (χ1v) is 6.94. The number of hydrogen-bond donors (Lipinski definition) is 1. The lowest BCUT2D eigenvalue weighted by Gasteiger charge is -2.21. The number of amides is 1. The highest BCUT2D eigenvalue weighted by Crippen LogP contribution is 2.40. The first-order valence-electron chi connectivity index (χ1n) is 6.94. The largest absolute Gasteiger partial charge is 0.444 e. The molecule has 1 unspecified atom stereocenters. The standard InChI is InChI=1S/C16H21NO3/c1-16(2,3)20-15(19)17-14(10-18)13-8-6-12(7-9-13)11-4-5-11/h6-11,14H,4-5H2,1-3H3,(H,17,19). The van der Waals surface area contributed by atoms with E-state index in [1.54, 1.807) is 20.8 Å². The summed E-state index contributed by atoms with van der Waals surface area (Å²) < 4.78 is 5.15. The molecule has 1 saturated carbocycles. The zero-order valence-corrected chi connectivity index (χ0v) is 12.2. The molecule has 20 heavy (non-hydrogen) atoms. The van der Waals surface area contributed by atoms with Crippen molar-refractivity contribution in [2.75, 3.05) is 0 Å². The Labute approximate surface area is 119 Å². The van der Waals surface area contributed by atoms with Crippen LogP contribution in [0.25, 0.3) is 0 Å². The van der Waals surface area contributed by atoms with Gasteiger partial charge in [-0.2, -0.15) is 0 Å². The van der Waals surface area contributed by atoms with Crippen LogP contribution in [-0.2, 0) is 9.53 Å². The Hall–Kier alpha value is -1.84. The van der Waals surface area contributed by atoms with Gasteiger partial charge >= 0.3 is 6.09 Å². The number of aldehydes is 1. The molecule has 1 aromatic carbocycles. The van der Waals surface area contributed by atoms with Gasteiger partial charge in [-0.05, 0) is 50.7 Å². The van der Waals surface area contributed by atoms with Crippen LogP contribution in [0, 0.1) is 0 Å². The van der Waals surface area contributed by atoms with Crippen LogP contribution in [0.2, 0.25) is 0 Å². The number of ether oxygens (including phenoxy) is 1. The molecule has 1 atom stereocenters. The van der Waals surface area contributed by atoms with Crippen molar-refractivity contribution in [3.8, 4) is 0 Å². The van der Waals surface area contributed by atoms with Crippen LogP contribution < -0.4 is 5.32 Å². The molecule has 0 heterocycles. The van der Waals surface area contributed by atoms with Crippen molar-refractivity contribution in [3.05, 3.63) is 35.4 Å². The third kappa shape index (κ3) is 4.08. The van der Waals surface area contributed by atoms with Crippen LogP contribution in [0.4, 0.5) is 4.79 Å². The van der Waals surface area contributed by atoms with Crippen LogP contribution in [0.15, 0.2) is 24.3 Å². The number of benzene rings is 1. The van der Waals surface area contributed by atoms with Gasteiger partial charge in [-0.3, -0.25) is 0 Å². The fourth-order valence-corrected chi connectivity index (χ4v) is 2.02. The second kappa shape index (κ2) is 5.65. The van der Waals surface area contributed by atoms with Crippen molar-refractivity contribution >= 4 is 12.4 Å². The van der Waals surface area contributed by atoms with E-state index in [1.807, 2.05) is 24.3 Å². The zero-order chi connectivity index (χ0) is 14.8. The maximum absolute atomic E-state index is 11.7. The molecule has 1 aromatic rings. The fourth-order valence-electron chi connectivity index (χ4n) is 2.02. The van der Waals surface area contributed by atoms with Crippen LogP contribution >= 0.6 is 0 Å². The summed E-state index contributed by atoms with van der Waals surface area (Å²) in [5.74, 6) is 0.678. The van der Waals surface area contributed by atoms with Gasteiger partial charge in [0.1, 0.15) is 17.9 Å². The highest BCUT2D eigenvalue weighted by Gasteiger charge is 2.24. The van der Waals surface area contributed by atoms with E-state index in [0.717, 1.165) is 11.8 Å². The summed E-state index contributed by atoms with van der Waals surface area (Å²) in [4.78, 5) is 22.9. The van der Waals surface area contributed by atoms with Crippen molar-refractivity contribution in [2.45, 2.75) is 51.2 Å². The maximum atomic E-state index is 11.7. The van der Waals surface area contributed by atoms with E-state index in [1.165, 1.54) is 18.4 Å². The maximum Gasteiger partial charge on any atom is 0.408 e. The number of nitrogens with one attached hydrogen (secondary N) is 1. The van der Waals surface area contributed by atoms with Crippen LogP contribution in [0.3, 0.4) is 0 Å². The molecule has 0 radical (unpaired) electrons. The number of rotatable bonds is 4. The highest BCUT2D eigenvalue weighted by atomic mass is 16.6. The van der Waals surface area contributed by atoms with Crippen molar-refractivity contribution in [2.24, 2.45) is 0 Å². The molecule has 4 nitrogen and oxygen atoms in total. The Balaban J connectivity index is 2.00. The van der Waals surface area contributed by atoms with E-state index < -0.39 is 17.7 Å². The third-order valence-corrected chi connectivity index (χ3v) is 3.15. The zero-order valence-electron chi connectivity index (χ0n) is 12.2. The van der Waals surface area contributed by atoms with E-state index in [9.17, 15) is 9.59 Å². The lowest BCUT2D eigenvalue weighted by atomic mass is 10.0. The molecule has 0 bridgehead atoms. The Bertz CT molecular complexity index is 483. The summed E-state index contributed by atoms with van der Waals surface area (Å²) in [7, 11) is 0. The number of alkyl carbamates (subject to hydrolysis) is 1. The minimum absolute atomic E-state index is 0.576. The van der Waals surface area contributed by atoms with E-state index in [4.69, 9.17) is 4.74 Å². The second-order valence-corrected chi connectivity index (χ2v) is 6.20. The Kier molecular flexibility index (Phi) is 4.12. The van der Waals surface area contributed by atoms with Gasteiger partial charge in [0.2, 0.25) is 0 Å². The molecular weight excluding hydrogens is 254 g/mol. The summed E-state index contributed by atoms with van der Waals surface area (Å²) in [5.41, 5.74) is 1.50. The molecule has 4 heteroatoms. The molecule has 108 valence electrons. The molecule has 0 aromatic heterocycles. The minimum Gasteiger partial charge on any atom is -0.444 e. The van der Waals surface area contributed by atoms with Gasteiger partial charge in [-0.15, -0.1) is 0 Å². The number of carbonyl (C=O) groups excluding carboxylic acids is 2. The molecule has 0 saturated heterocycles. The van der Waals surface area contributed by atoms with Gasteiger partial charge < -0.3 is 14.8 Å². The molecule has 1 aliphatic rings. The average Bonchev–Trinajstić information content (AvgIpc) is 3.18. The van der Waals surface area contributed by atoms with Crippen LogP contribution in [0.1, 0.15) is 56.7 Å². The van der Waals surface area contributed by atoms with Gasteiger partial charge in [0.25, 0.3) is 0 Å². The van der Waals surface area contributed by atoms with Gasteiger partial charge in [0, 0.05) is 0 Å². The predicted molar refractivity (Wildman–Crippen MR) is 76.6 cm³/mol. The summed E-state index contributed by atoms with van der Waals surface area (Å²) in [6.45, 7) is 5.35. The highest BCUT2D eigenvalue weighted by molar-refractivity contribution is 5.74. The van der Waals surface area contributed by atoms with Crippen molar-refractivity contribution in [1.29, 1.82) is 0 Å². The van der Waals surface area contributed by atoms with Gasteiger partial charge in [-0.1, -0.05) is 24.3 Å². The third-order valence-electron chi connectivity index (χ3n) is 3.15. The van der Waals surface area contributed by atoms with Crippen molar-refractivity contribution in [1.82, 2.24) is 5.32 Å². The molecule has 0 spiro atoms. The van der Waals surface area contributed by atoms with E-state index in [2.05, 4.69) is 5.32 Å². The Morgan fingerprint density at radius 3 is 2.35 bits per heavy atom. The monoisotopic (exact) mass is 275 g/mol. The summed E-state index contributed by atoms with van der Waals surface area (Å²) >= 11 is 0. The first kappa shape index (κ1) is 14.6. The van der Waals surface area contributed by atoms with Crippen molar-refractivity contribution in [3.63, 3.8) is 0 Å². The molecule has 1 amide bonds. The number of carbonyl (C=O) groups is 2. The molecule has 2 rings (SSSR count). The molecule has 0 aliphatic heterocycles. The normalized spacial score (nSPS) is 16.4. The van der Waals surface area contributed by atoms with E-state index in [0.29, 0.717) is 5.92 Å². The smallest absolute Gasteiger partial charge is 0.408 e. The van der Waals surface area contributed by atoms with Gasteiger partial charge in [-0.25, -0.2) is 4.79 Å². The summed E-state index contributed by atoms with van der Waals surface area (Å²) in [6, 6.07) is 7.17. The number of hydrogen-bond acceptors (Lipinski definition) is 3. The molecular formula is C16H21NO3. The topological polar surface area (TPSA) is 55.4 Å². The second-order valence-electron chi connectivity index (χ2n) is 6.20. The lowest BCUT2D eigenvalue weighted by Crippen LogP contribution is -2.35. The minimum atomic E-state index is -0.668. The van der Waals surface area contributed by atoms with E-state index in [-0.39, 0.29) is 0 Å².